The van der Waals surface area contributed by atoms with Crippen LogP contribution in [-0.2, 0) is 5.41 Å². The summed E-state index contributed by atoms with van der Waals surface area (Å²) in [6, 6.07) is 51.8. The largest absolute Gasteiger partial charge is 0.265 e. The topological polar surface area (TPSA) is 51.6 Å². The van der Waals surface area contributed by atoms with Gasteiger partial charge in [-0.2, -0.15) is 0 Å². The van der Waals surface area contributed by atoms with Crippen molar-refractivity contribution in [1.82, 2.24) is 19.9 Å². The molecule has 9 aromatic rings. The van der Waals surface area contributed by atoms with E-state index in [1.54, 1.807) is 0 Å². The van der Waals surface area contributed by atoms with E-state index >= 15 is 0 Å². The fourth-order valence-corrected chi connectivity index (χ4v) is 7.99. The summed E-state index contributed by atoms with van der Waals surface area (Å²) in [4.78, 5) is 19.3. The number of benzene rings is 7. The highest BCUT2D eigenvalue weighted by molar-refractivity contribution is 6.26. The van der Waals surface area contributed by atoms with Gasteiger partial charge in [0.1, 0.15) is 0 Å². The second kappa shape index (κ2) is 11.3. The van der Waals surface area contributed by atoms with Crippen molar-refractivity contribution in [2.75, 3.05) is 0 Å². The molecule has 0 N–H and O–H groups in total. The third-order valence-corrected chi connectivity index (χ3v) is 10.6. The first-order valence-electron chi connectivity index (χ1n) is 17.4. The van der Waals surface area contributed by atoms with Crippen molar-refractivity contribution in [1.29, 1.82) is 0 Å². The van der Waals surface area contributed by atoms with Crippen LogP contribution >= 0.6 is 0 Å². The van der Waals surface area contributed by atoms with Gasteiger partial charge in [0.05, 0.1) is 0 Å². The zero-order valence-electron chi connectivity index (χ0n) is 28.3. The van der Waals surface area contributed by atoms with Gasteiger partial charge in [0.25, 0.3) is 0 Å². The first kappa shape index (κ1) is 29.4. The zero-order valence-corrected chi connectivity index (χ0v) is 28.3. The lowest BCUT2D eigenvalue weighted by Gasteiger charge is -2.22. The molecule has 51 heavy (non-hydrogen) atoms. The summed E-state index contributed by atoms with van der Waals surface area (Å²) in [7, 11) is 0. The maximum absolute atomic E-state index is 5.11. The van der Waals surface area contributed by atoms with Crippen molar-refractivity contribution >= 4 is 32.3 Å². The molecule has 0 spiro atoms. The van der Waals surface area contributed by atoms with Gasteiger partial charge in [0, 0.05) is 34.5 Å². The van der Waals surface area contributed by atoms with Crippen LogP contribution in [0.2, 0.25) is 0 Å². The predicted octanol–water partition coefficient (Wildman–Crippen LogP) is 11.7. The van der Waals surface area contributed by atoms with Crippen molar-refractivity contribution in [2.24, 2.45) is 0 Å². The van der Waals surface area contributed by atoms with Gasteiger partial charge in [-0.25, -0.2) is 15.0 Å². The molecule has 7 aromatic carbocycles. The Balaban J connectivity index is 1.17. The molecular weight excluding hydrogens is 621 g/mol. The lowest BCUT2D eigenvalue weighted by atomic mass is 9.81. The van der Waals surface area contributed by atoms with Crippen LogP contribution in [0.25, 0.3) is 88.7 Å². The molecule has 0 aliphatic heterocycles. The summed E-state index contributed by atoms with van der Waals surface area (Å²) < 4.78 is 0. The summed E-state index contributed by atoms with van der Waals surface area (Å²) in [5.74, 6) is 1.93. The Labute approximate surface area is 296 Å². The van der Waals surface area contributed by atoms with E-state index in [9.17, 15) is 0 Å². The summed E-state index contributed by atoms with van der Waals surface area (Å²) in [6.45, 7) is 4.69. The maximum Gasteiger partial charge on any atom is 0.164 e. The average Bonchev–Trinajstić information content (AvgIpc) is 3.43. The highest BCUT2D eigenvalue weighted by Crippen LogP contribution is 2.51. The van der Waals surface area contributed by atoms with Crippen LogP contribution < -0.4 is 0 Å². The highest BCUT2D eigenvalue weighted by atomic mass is 15.0. The van der Waals surface area contributed by atoms with Crippen molar-refractivity contribution in [3.63, 3.8) is 0 Å². The van der Waals surface area contributed by atoms with E-state index in [0.717, 1.165) is 27.8 Å². The lowest BCUT2D eigenvalue weighted by Crippen LogP contribution is -2.14. The summed E-state index contributed by atoms with van der Waals surface area (Å²) in [5.41, 5.74) is 10.4. The van der Waals surface area contributed by atoms with Gasteiger partial charge in [-0.05, 0) is 96.0 Å². The molecule has 0 bridgehead atoms. The Bertz CT molecular complexity index is 2810. The quantitative estimate of drug-likeness (QED) is 0.178. The molecule has 4 heteroatoms. The molecule has 1 aliphatic rings. The highest BCUT2D eigenvalue weighted by Gasteiger charge is 2.35. The summed E-state index contributed by atoms with van der Waals surface area (Å²) in [6.07, 6.45) is 3.63. The van der Waals surface area contributed by atoms with Gasteiger partial charge >= 0.3 is 0 Å². The van der Waals surface area contributed by atoms with Crippen molar-refractivity contribution in [3.8, 4) is 56.4 Å². The molecule has 0 saturated carbocycles. The van der Waals surface area contributed by atoms with E-state index in [2.05, 4.69) is 122 Å². The number of aromatic nitrogens is 4. The summed E-state index contributed by atoms with van der Waals surface area (Å²) >= 11 is 0. The second-order valence-corrected chi connectivity index (χ2v) is 13.9. The van der Waals surface area contributed by atoms with Gasteiger partial charge in [-0.15, -0.1) is 0 Å². The second-order valence-electron chi connectivity index (χ2n) is 13.9. The normalized spacial score (nSPS) is 13.1. The Hall–Kier alpha value is -6.52. The molecule has 0 unspecified atom stereocenters. The first-order chi connectivity index (χ1) is 25.0. The molecular formula is C47H32N4. The van der Waals surface area contributed by atoms with E-state index in [1.165, 1.54) is 54.6 Å². The van der Waals surface area contributed by atoms with Crippen LogP contribution in [0.15, 0.2) is 158 Å². The smallest absolute Gasteiger partial charge is 0.164 e. The van der Waals surface area contributed by atoms with E-state index in [1.807, 2.05) is 54.9 Å². The lowest BCUT2D eigenvalue weighted by molar-refractivity contribution is 0.661. The summed E-state index contributed by atoms with van der Waals surface area (Å²) in [5, 5.41) is 7.43. The molecule has 0 fully saturated rings. The molecule has 0 atom stereocenters. The number of hydrogen-bond acceptors (Lipinski definition) is 4. The predicted molar refractivity (Wildman–Crippen MR) is 209 cm³/mol. The minimum atomic E-state index is -0.0797. The Morgan fingerprint density at radius 1 is 0.353 bits per heavy atom. The van der Waals surface area contributed by atoms with E-state index in [4.69, 9.17) is 15.0 Å². The average molecular weight is 653 g/mol. The fourth-order valence-electron chi connectivity index (χ4n) is 7.99. The number of hydrogen-bond donors (Lipinski definition) is 0. The van der Waals surface area contributed by atoms with Crippen LogP contribution in [0.4, 0.5) is 0 Å². The number of nitrogens with zero attached hydrogens (tertiary/aromatic N) is 4. The molecule has 0 radical (unpaired) electrons. The van der Waals surface area contributed by atoms with E-state index in [0.29, 0.717) is 17.5 Å². The molecule has 10 rings (SSSR count). The molecule has 2 aromatic heterocycles. The van der Waals surface area contributed by atoms with Gasteiger partial charge in [0.15, 0.2) is 17.5 Å². The minimum Gasteiger partial charge on any atom is -0.265 e. The Morgan fingerprint density at radius 2 is 0.863 bits per heavy atom. The van der Waals surface area contributed by atoms with E-state index < -0.39 is 0 Å². The third kappa shape index (κ3) is 4.68. The Kier molecular flexibility index (Phi) is 6.49. The van der Waals surface area contributed by atoms with Gasteiger partial charge in [-0.3, -0.25) is 4.98 Å². The van der Waals surface area contributed by atoms with Gasteiger partial charge < -0.3 is 0 Å². The number of fused-ring (bicyclic) bond motifs is 9. The fraction of sp³-hybridized carbons (Fsp3) is 0.0638. The van der Waals surface area contributed by atoms with Crippen molar-refractivity contribution < 1.29 is 0 Å². The minimum absolute atomic E-state index is 0.0797. The van der Waals surface area contributed by atoms with Crippen LogP contribution in [-0.4, -0.2) is 19.9 Å². The van der Waals surface area contributed by atoms with Crippen LogP contribution in [0.1, 0.15) is 25.0 Å². The van der Waals surface area contributed by atoms with Gasteiger partial charge in [0.2, 0.25) is 0 Å². The molecule has 240 valence electrons. The molecule has 2 heterocycles. The Morgan fingerprint density at radius 3 is 1.59 bits per heavy atom. The number of rotatable bonds is 4. The van der Waals surface area contributed by atoms with Crippen molar-refractivity contribution in [3.05, 3.63) is 169 Å². The van der Waals surface area contributed by atoms with Crippen molar-refractivity contribution in [2.45, 2.75) is 19.3 Å². The monoisotopic (exact) mass is 652 g/mol. The zero-order chi connectivity index (χ0) is 34.1. The molecule has 0 saturated heterocycles. The van der Waals surface area contributed by atoms with Crippen LogP contribution in [0.3, 0.4) is 0 Å². The SMILES string of the molecule is CC1(C)c2ccccc2-c2cc3c4ccccc4c4cc(-c5nc(-c6ccccc6)nc(-c6ccc(-c7ccncc7)cc6)n5)ccc4c3cc21. The van der Waals surface area contributed by atoms with Crippen LogP contribution in [0, 0.1) is 0 Å². The maximum atomic E-state index is 5.11. The van der Waals surface area contributed by atoms with Crippen LogP contribution in [0.5, 0.6) is 0 Å². The number of pyridine rings is 1. The molecule has 4 nitrogen and oxygen atoms in total. The van der Waals surface area contributed by atoms with Gasteiger partial charge in [-0.1, -0.05) is 129 Å². The molecule has 1 aliphatic carbocycles. The first-order valence-corrected chi connectivity index (χ1v) is 17.4. The third-order valence-electron chi connectivity index (χ3n) is 10.6. The van der Waals surface area contributed by atoms with E-state index in [-0.39, 0.29) is 5.41 Å². The standard InChI is InChI=1S/C47H32N4/c1-47(2)42-15-9-8-14-37(42)41-27-39-35-13-7-6-12-34(35)38-26-33(20-21-36(38)40(39)28-43(41)47)46-50-44(31-10-4-3-5-11-31)49-45(51-46)32-18-16-29(17-19-32)30-22-24-48-25-23-30/h3-28H,1-2H3. The molecule has 0 amide bonds.